The molecule has 0 saturated heterocycles. The number of anilines is 2. The summed E-state index contributed by atoms with van der Waals surface area (Å²) < 4.78 is 1.63. The lowest BCUT2D eigenvalue weighted by atomic mass is 9.92. The van der Waals surface area contributed by atoms with Crippen molar-refractivity contribution in [2.24, 2.45) is 0 Å². The second-order valence-electron chi connectivity index (χ2n) is 10.5. The van der Waals surface area contributed by atoms with Crippen molar-refractivity contribution in [3.8, 4) is 5.69 Å². The van der Waals surface area contributed by atoms with Gasteiger partial charge >= 0.3 is 6.03 Å². The minimum atomic E-state index is -0.333. The van der Waals surface area contributed by atoms with Crippen LogP contribution in [0.5, 0.6) is 0 Å². The predicted octanol–water partition coefficient (Wildman–Crippen LogP) is 7.90. The van der Waals surface area contributed by atoms with Crippen LogP contribution in [0.2, 0.25) is 10.0 Å². The zero-order valence-corrected chi connectivity index (χ0v) is 24.1. The van der Waals surface area contributed by atoms with Crippen LogP contribution in [0.1, 0.15) is 46.2 Å². The molecule has 0 atom stereocenters. The summed E-state index contributed by atoms with van der Waals surface area (Å²) in [6.45, 7) is 8.51. The Kier molecular flexibility index (Phi) is 8.83. The number of halogens is 2. The van der Waals surface area contributed by atoms with Crippen molar-refractivity contribution in [3.63, 3.8) is 0 Å². The molecule has 1 aromatic heterocycles. The third kappa shape index (κ3) is 6.91. The monoisotopic (exact) mass is 565 g/mol. The number of carbonyl (C=O) groups is 2. The van der Waals surface area contributed by atoms with Gasteiger partial charge in [-0.1, -0.05) is 93.7 Å². The zero-order valence-electron chi connectivity index (χ0n) is 22.6. The van der Waals surface area contributed by atoms with E-state index in [9.17, 15) is 9.59 Å². The SMILES string of the molecule is CCCCN(CC(=O)Nc1cc(C(C)(C)C)nn1-c1ccc(Cl)c(Cl)c1)C(=O)Nc1cccc2ccccc12. The minimum absolute atomic E-state index is 0.117. The van der Waals surface area contributed by atoms with Gasteiger partial charge in [0.05, 0.1) is 27.1 Å². The lowest BCUT2D eigenvalue weighted by molar-refractivity contribution is -0.116. The molecular weight excluding hydrogens is 533 g/mol. The Hall–Kier alpha value is -3.55. The number of amides is 3. The van der Waals surface area contributed by atoms with E-state index in [1.807, 2.05) is 76.2 Å². The summed E-state index contributed by atoms with van der Waals surface area (Å²) in [5.41, 5.74) is 1.89. The second kappa shape index (κ2) is 12.1. The first-order chi connectivity index (χ1) is 18.6. The molecular formula is C30H33Cl2N5O2. The Morgan fingerprint density at radius 1 is 0.949 bits per heavy atom. The molecule has 0 bridgehead atoms. The maximum Gasteiger partial charge on any atom is 0.322 e. The molecule has 0 spiro atoms. The quantitative estimate of drug-likeness (QED) is 0.228. The third-order valence-corrected chi connectivity index (χ3v) is 7.07. The summed E-state index contributed by atoms with van der Waals surface area (Å²) in [5.74, 6) is 0.147. The van der Waals surface area contributed by atoms with Gasteiger partial charge in [-0.15, -0.1) is 0 Å². The maximum atomic E-state index is 13.3. The van der Waals surface area contributed by atoms with Crippen LogP contribution in [0.15, 0.2) is 66.7 Å². The maximum absolute atomic E-state index is 13.3. The number of urea groups is 1. The van der Waals surface area contributed by atoms with E-state index in [-0.39, 0.29) is 23.9 Å². The summed E-state index contributed by atoms with van der Waals surface area (Å²) in [4.78, 5) is 28.2. The van der Waals surface area contributed by atoms with Crippen LogP contribution in [0.4, 0.5) is 16.3 Å². The fraction of sp³-hybridized carbons (Fsp3) is 0.300. The van der Waals surface area contributed by atoms with Crippen molar-refractivity contribution in [1.29, 1.82) is 0 Å². The van der Waals surface area contributed by atoms with Crippen LogP contribution in [-0.4, -0.2) is 39.7 Å². The molecule has 1 heterocycles. The number of unbranched alkanes of at least 4 members (excludes halogenated alkanes) is 1. The molecule has 4 rings (SSSR count). The Bertz CT molecular complexity index is 1490. The predicted molar refractivity (Wildman–Crippen MR) is 160 cm³/mol. The van der Waals surface area contributed by atoms with Crippen LogP contribution in [0.3, 0.4) is 0 Å². The number of hydrogen-bond acceptors (Lipinski definition) is 3. The number of carbonyl (C=O) groups excluding carboxylic acids is 2. The topological polar surface area (TPSA) is 79.3 Å². The van der Waals surface area contributed by atoms with Gasteiger partial charge in [-0.2, -0.15) is 5.10 Å². The van der Waals surface area contributed by atoms with Crippen molar-refractivity contribution >= 4 is 57.4 Å². The summed E-state index contributed by atoms with van der Waals surface area (Å²) in [7, 11) is 0. The molecule has 0 aliphatic heterocycles. The van der Waals surface area contributed by atoms with E-state index in [0.717, 1.165) is 29.3 Å². The summed E-state index contributed by atoms with van der Waals surface area (Å²) in [6.07, 6.45) is 1.66. The van der Waals surface area contributed by atoms with Crippen LogP contribution in [-0.2, 0) is 10.2 Å². The van der Waals surface area contributed by atoms with Gasteiger partial charge in [-0.25, -0.2) is 9.48 Å². The molecule has 2 N–H and O–H groups in total. The van der Waals surface area contributed by atoms with E-state index in [4.69, 9.17) is 28.3 Å². The number of rotatable bonds is 8. The van der Waals surface area contributed by atoms with E-state index in [1.165, 1.54) is 4.90 Å². The van der Waals surface area contributed by atoms with E-state index >= 15 is 0 Å². The molecule has 0 saturated carbocycles. The Labute approximate surface area is 239 Å². The van der Waals surface area contributed by atoms with Crippen LogP contribution < -0.4 is 10.6 Å². The van der Waals surface area contributed by atoms with Gasteiger partial charge in [0.25, 0.3) is 0 Å². The molecule has 39 heavy (non-hydrogen) atoms. The Balaban J connectivity index is 1.56. The molecule has 4 aromatic rings. The largest absolute Gasteiger partial charge is 0.322 e. The first-order valence-corrected chi connectivity index (χ1v) is 13.7. The molecule has 0 unspecified atom stereocenters. The van der Waals surface area contributed by atoms with Crippen molar-refractivity contribution in [1.82, 2.24) is 14.7 Å². The van der Waals surface area contributed by atoms with Gasteiger partial charge in [-0.3, -0.25) is 4.79 Å². The summed E-state index contributed by atoms with van der Waals surface area (Å²) >= 11 is 12.4. The van der Waals surface area contributed by atoms with Gasteiger partial charge in [0.2, 0.25) is 5.91 Å². The Morgan fingerprint density at radius 2 is 1.69 bits per heavy atom. The van der Waals surface area contributed by atoms with E-state index in [1.54, 1.807) is 22.9 Å². The first-order valence-electron chi connectivity index (χ1n) is 13.0. The van der Waals surface area contributed by atoms with E-state index in [0.29, 0.717) is 33.8 Å². The third-order valence-electron chi connectivity index (χ3n) is 6.33. The van der Waals surface area contributed by atoms with Crippen molar-refractivity contribution in [3.05, 3.63) is 82.5 Å². The van der Waals surface area contributed by atoms with E-state index in [2.05, 4.69) is 10.6 Å². The lowest BCUT2D eigenvalue weighted by Crippen LogP contribution is -2.41. The number of fused-ring (bicyclic) bond motifs is 1. The van der Waals surface area contributed by atoms with Crippen molar-refractivity contribution in [2.45, 2.75) is 46.0 Å². The van der Waals surface area contributed by atoms with E-state index < -0.39 is 0 Å². The first kappa shape index (κ1) is 28.5. The highest BCUT2D eigenvalue weighted by molar-refractivity contribution is 6.42. The van der Waals surface area contributed by atoms with Crippen molar-refractivity contribution < 1.29 is 9.59 Å². The summed E-state index contributed by atoms with van der Waals surface area (Å²) in [5, 5.41) is 13.5. The van der Waals surface area contributed by atoms with Gasteiger partial charge in [-0.05, 0) is 36.1 Å². The van der Waals surface area contributed by atoms with Gasteiger partial charge in [0.15, 0.2) is 0 Å². The van der Waals surface area contributed by atoms with Crippen molar-refractivity contribution in [2.75, 3.05) is 23.7 Å². The van der Waals surface area contributed by atoms with Gasteiger partial charge in [0.1, 0.15) is 12.4 Å². The molecule has 3 amide bonds. The molecule has 0 radical (unpaired) electrons. The highest BCUT2D eigenvalue weighted by Crippen LogP contribution is 2.30. The fourth-order valence-corrected chi connectivity index (χ4v) is 4.43. The molecule has 3 aromatic carbocycles. The van der Waals surface area contributed by atoms with Gasteiger partial charge < -0.3 is 15.5 Å². The molecule has 204 valence electrons. The molecule has 9 heteroatoms. The number of benzene rings is 3. The summed E-state index contributed by atoms with van der Waals surface area (Å²) in [6, 6.07) is 20.3. The lowest BCUT2D eigenvalue weighted by Gasteiger charge is -2.23. The number of nitrogens with zero attached hydrogens (tertiary/aromatic N) is 3. The van der Waals surface area contributed by atoms with Gasteiger partial charge in [0, 0.05) is 23.4 Å². The highest BCUT2D eigenvalue weighted by Gasteiger charge is 2.23. The standard InChI is InChI=1S/C30H33Cl2N5O2/c1-5-6-16-36(29(39)33-25-13-9-11-20-10-7-8-12-22(20)25)19-28(38)34-27-18-26(30(2,3)4)35-37(27)21-14-15-23(31)24(32)17-21/h7-15,17-18H,5-6,16,19H2,1-4H3,(H,33,39)(H,34,38). The number of nitrogens with one attached hydrogen (secondary N) is 2. The average Bonchev–Trinajstić information content (AvgIpc) is 3.32. The number of aromatic nitrogens is 2. The van der Waals surface area contributed by atoms with Crippen LogP contribution in [0, 0.1) is 0 Å². The number of hydrogen-bond donors (Lipinski definition) is 2. The second-order valence-corrected chi connectivity index (χ2v) is 11.3. The fourth-order valence-electron chi connectivity index (χ4n) is 4.14. The highest BCUT2D eigenvalue weighted by atomic mass is 35.5. The zero-order chi connectivity index (χ0) is 28.2. The normalized spacial score (nSPS) is 11.4. The molecule has 0 aliphatic carbocycles. The van der Waals surface area contributed by atoms with Crippen LogP contribution >= 0.6 is 23.2 Å². The molecule has 7 nitrogen and oxygen atoms in total. The Morgan fingerprint density at radius 3 is 2.41 bits per heavy atom. The average molecular weight is 567 g/mol. The minimum Gasteiger partial charge on any atom is -0.315 e. The van der Waals surface area contributed by atoms with Crippen LogP contribution in [0.25, 0.3) is 16.5 Å². The smallest absolute Gasteiger partial charge is 0.315 e. The molecule has 0 aliphatic rings. The molecule has 0 fully saturated rings.